The van der Waals surface area contributed by atoms with E-state index in [4.69, 9.17) is 0 Å². The van der Waals surface area contributed by atoms with Gasteiger partial charge in [0.1, 0.15) is 9.68 Å². The number of hydrogen-bond donors (Lipinski definition) is 0. The van der Waals surface area contributed by atoms with Crippen molar-refractivity contribution in [1.29, 1.82) is 0 Å². The summed E-state index contributed by atoms with van der Waals surface area (Å²) in [5, 5.41) is 0. The van der Waals surface area contributed by atoms with Crippen LogP contribution in [0.2, 0.25) is 6.55 Å². The van der Waals surface area contributed by atoms with Crippen LogP contribution in [0.15, 0.2) is 11.6 Å². The molecule has 62 valence electrons. The zero-order valence-electron chi connectivity index (χ0n) is 7.42. The summed E-state index contributed by atoms with van der Waals surface area (Å²) >= 11 is 0. The Morgan fingerprint density at radius 1 is 1.73 bits per heavy atom. The number of β-lactam (4-membered cyclic amide) rings is 1. The molecule has 0 radical (unpaired) electrons. The molecule has 1 aliphatic rings. The molecule has 2 nitrogen and oxygen atoms in total. The van der Waals surface area contributed by atoms with Gasteiger partial charge in [0.25, 0.3) is 0 Å². The normalized spacial score (nSPS) is 24.1. The highest BCUT2D eigenvalue weighted by atomic mass is 28.2. The van der Waals surface area contributed by atoms with Crippen LogP contribution in [0.5, 0.6) is 0 Å². The van der Waals surface area contributed by atoms with E-state index in [0.717, 1.165) is 6.42 Å². The standard InChI is InChI=1S/C8H15NOSi/c1-6(2)4-7-5-8(10)9(7)11-3/h4,7H,5,11H2,1-3H3. The van der Waals surface area contributed by atoms with E-state index in [0.29, 0.717) is 11.9 Å². The van der Waals surface area contributed by atoms with Crippen molar-refractivity contribution in [3.8, 4) is 0 Å². The van der Waals surface area contributed by atoms with Gasteiger partial charge in [-0.25, -0.2) is 0 Å². The summed E-state index contributed by atoms with van der Waals surface area (Å²) in [6.07, 6.45) is 2.93. The first-order chi connectivity index (χ1) is 5.15. The Balaban J connectivity index is 2.52. The molecule has 11 heavy (non-hydrogen) atoms. The van der Waals surface area contributed by atoms with Crippen LogP contribution in [-0.4, -0.2) is 26.2 Å². The molecule has 1 unspecified atom stereocenters. The number of amides is 1. The van der Waals surface area contributed by atoms with Gasteiger partial charge in [-0.2, -0.15) is 0 Å². The highest BCUT2D eigenvalue weighted by Gasteiger charge is 2.31. The molecule has 1 amide bonds. The van der Waals surface area contributed by atoms with E-state index in [2.05, 4.69) is 26.5 Å². The summed E-state index contributed by atoms with van der Waals surface area (Å²) in [5.41, 5.74) is 1.31. The SMILES string of the molecule is C[SiH2]N1C(=O)CC1C=C(C)C. The maximum atomic E-state index is 11.0. The second-order valence-electron chi connectivity index (χ2n) is 3.20. The van der Waals surface area contributed by atoms with Crippen LogP contribution in [-0.2, 0) is 4.79 Å². The largest absolute Gasteiger partial charge is 0.369 e. The Hall–Kier alpha value is -0.573. The van der Waals surface area contributed by atoms with Crippen LogP contribution >= 0.6 is 0 Å². The molecular formula is C8H15NOSi. The van der Waals surface area contributed by atoms with E-state index in [1.807, 2.05) is 4.57 Å². The van der Waals surface area contributed by atoms with Crippen LogP contribution < -0.4 is 0 Å². The molecule has 0 N–H and O–H groups in total. The molecule has 0 bridgehead atoms. The Morgan fingerprint density at radius 2 is 2.36 bits per heavy atom. The predicted octanol–water partition coefficient (Wildman–Crippen LogP) is 0.685. The lowest BCUT2D eigenvalue weighted by Crippen LogP contribution is -2.52. The van der Waals surface area contributed by atoms with E-state index < -0.39 is 0 Å². The third kappa shape index (κ3) is 1.71. The van der Waals surface area contributed by atoms with Crippen LogP contribution in [0.4, 0.5) is 0 Å². The van der Waals surface area contributed by atoms with Crippen molar-refractivity contribution in [3.05, 3.63) is 11.6 Å². The van der Waals surface area contributed by atoms with Gasteiger partial charge in [-0.1, -0.05) is 18.2 Å². The summed E-state index contributed by atoms with van der Waals surface area (Å²) in [7, 11) is -0.273. The Kier molecular flexibility index (Phi) is 2.49. The van der Waals surface area contributed by atoms with Crippen molar-refractivity contribution in [2.24, 2.45) is 0 Å². The summed E-state index contributed by atoms with van der Waals surface area (Å²) < 4.78 is 2.03. The first-order valence-corrected chi connectivity index (χ1v) is 6.14. The van der Waals surface area contributed by atoms with Gasteiger partial charge in [0.2, 0.25) is 5.91 Å². The van der Waals surface area contributed by atoms with Gasteiger partial charge >= 0.3 is 0 Å². The number of nitrogens with zero attached hydrogens (tertiary/aromatic N) is 1. The van der Waals surface area contributed by atoms with E-state index in [1.165, 1.54) is 5.57 Å². The topological polar surface area (TPSA) is 20.3 Å². The lowest BCUT2D eigenvalue weighted by atomic mass is 10.0. The summed E-state index contributed by atoms with van der Waals surface area (Å²) in [6.45, 7) is 6.32. The molecule has 0 aromatic rings. The van der Waals surface area contributed by atoms with Crippen molar-refractivity contribution in [1.82, 2.24) is 4.57 Å². The minimum absolute atomic E-state index is 0.273. The van der Waals surface area contributed by atoms with Gasteiger partial charge in [0, 0.05) is 6.42 Å². The lowest BCUT2D eigenvalue weighted by molar-refractivity contribution is -0.136. The van der Waals surface area contributed by atoms with Crippen LogP contribution in [0.3, 0.4) is 0 Å². The third-order valence-electron chi connectivity index (χ3n) is 1.97. The van der Waals surface area contributed by atoms with Crippen LogP contribution in [0.1, 0.15) is 20.3 Å². The summed E-state index contributed by atoms with van der Waals surface area (Å²) in [4.78, 5) is 11.0. The van der Waals surface area contributed by atoms with Crippen molar-refractivity contribution >= 4 is 15.6 Å². The highest BCUT2D eigenvalue weighted by molar-refractivity contribution is 6.36. The second-order valence-corrected chi connectivity index (χ2v) is 4.51. The molecule has 0 aliphatic carbocycles. The molecule has 1 heterocycles. The van der Waals surface area contributed by atoms with Crippen molar-refractivity contribution in [3.63, 3.8) is 0 Å². The molecule has 1 fully saturated rings. The van der Waals surface area contributed by atoms with Gasteiger partial charge in [0.05, 0.1) is 6.04 Å². The lowest BCUT2D eigenvalue weighted by Gasteiger charge is -2.38. The average molecular weight is 169 g/mol. The minimum atomic E-state index is -0.273. The maximum absolute atomic E-state index is 11.0. The van der Waals surface area contributed by atoms with Gasteiger partial charge in [-0.15, -0.1) is 0 Å². The first-order valence-electron chi connectivity index (χ1n) is 4.09. The number of rotatable bonds is 2. The minimum Gasteiger partial charge on any atom is -0.369 e. The Morgan fingerprint density at radius 3 is 2.73 bits per heavy atom. The molecular weight excluding hydrogens is 154 g/mol. The van der Waals surface area contributed by atoms with E-state index >= 15 is 0 Å². The maximum Gasteiger partial charge on any atom is 0.217 e. The van der Waals surface area contributed by atoms with E-state index in [9.17, 15) is 4.79 Å². The fourth-order valence-electron chi connectivity index (χ4n) is 1.42. The highest BCUT2D eigenvalue weighted by Crippen LogP contribution is 2.19. The third-order valence-corrected chi connectivity index (χ3v) is 3.47. The van der Waals surface area contributed by atoms with Crippen molar-refractivity contribution in [2.75, 3.05) is 0 Å². The molecule has 1 saturated heterocycles. The number of carbonyl (C=O) groups is 1. The fraction of sp³-hybridized carbons (Fsp3) is 0.625. The number of hydrogen-bond acceptors (Lipinski definition) is 1. The van der Waals surface area contributed by atoms with Crippen molar-refractivity contribution in [2.45, 2.75) is 32.9 Å². The van der Waals surface area contributed by atoms with Gasteiger partial charge in [-0.05, 0) is 13.8 Å². The van der Waals surface area contributed by atoms with Crippen LogP contribution in [0.25, 0.3) is 0 Å². The molecule has 0 spiro atoms. The molecule has 0 aromatic heterocycles. The first kappa shape index (κ1) is 8.52. The second kappa shape index (κ2) is 3.22. The van der Waals surface area contributed by atoms with E-state index in [-0.39, 0.29) is 9.68 Å². The molecule has 3 heteroatoms. The van der Waals surface area contributed by atoms with E-state index in [1.54, 1.807) is 0 Å². The Labute approximate surface area is 70.2 Å². The number of allylic oxidation sites excluding steroid dienone is 1. The smallest absolute Gasteiger partial charge is 0.217 e. The predicted molar refractivity (Wildman–Crippen MR) is 49.1 cm³/mol. The van der Waals surface area contributed by atoms with Gasteiger partial charge in [0.15, 0.2) is 0 Å². The molecule has 1 rings (SSSR count). The Bertz CT molecular complexity index is 196. The van der Waals surface area contributed by atoms with Gasteiger partial charge < -0.3 is 4.57 Å². The quantitative estimate of drug-likeness (QED) is 0.338. The zero-order valence-corrected chi connectivity index (χ0v) is 8.84. The molecule has 0 aromatic carbocycles. The molecule has 0 saturated carbocycles. The molecule has 1 atom stereocenters. The summed E-state index contributed by atoms with van der Waals surface area (Å²) in [5.74, 6) is 0.349. The van der Waals surface area contributed by atoms with Gasteiger partial charge in [-0.3, -0.25) is 4.79 Å². The zero-order chi connectivity index (χ0) is 8.43. The molecule has 1 aliphatic heterocycles. The van der Waals surface area contributed by atoms with Crippen molar-refractivity contribution < 1.29 is 4.79 Å². The summed E-state index contributed by atoms with van der Waals surface area (Å²) in [6, 6.07) is 0.448. The number of carbonyl (C=O) groups excluding carboxylic acids is 1. The monoisotopic (exact) mass is 169 g/mol. The van der Waals surface area contributed by atoms with Crippen LogP contribution in [0, 0.1) is 0 Å². The fourth-order valence-corrected chi connectivity index (χ4v) is 2.61. The average Bonchev–Trinajstić information content (AvgIpc) is 1.86.